The van der Waals surface area contributed by atoms with Crippen LogP contribution in [-0.2, 0) is 19.6 Å². The van der Waals surface area contributed by atoms with Crippen molar-refractivity contribution in [3.63, 3.8) is 0 Å². The van der Waals surface area contributed by atoms with Gasteiger partial charge in [0, 0.05) is 18.8 Å². The van der Waals surface area contributed by atoms with E-state index >= 15 is 0 Å². The Labute approximate surface area is 190 Å². The van der Waals surface area contributed by atoms with Crippen LogP contribution in [0.4, 0.5) is 24.5 Å². The molecule has 33 heavy (non-hydrogen) atoms. The molecule has 2 rings (SSSR count). The van der Waals surface area contributed by atoms with E-state index in [0.29, 0.717) is 30.4 Å². The second-order valence-electron chi connectivity index (χ2n) is 6.97. The monoisotopic (exact) mass is 486 g/mol. The number of benzene rings is 2. The number of halogens is 3. The molecule has 0 unspecified atom stereocenters. The molecular weight excluding hydrogens is 461 g/mol. The minimum atomic E-state index is -3.69. The third-order valence-electron chi connectivity index (χ3n) is 4.72. The number of aryl methyl sites for hydroxylation is 1. The quantitative estimate of drug-likeness (QED) is 0.448. The first-order valence-corrected chi connectivity index (χ1v) is 11.5. The minimum Gasteiger partial charge on any atom is -0.376 e. The number of carbonyl (C=O) groups excluding carboxylic acids is 2. The molecule has 8 nitrogen and oxygen atoms in total. The Hall–Kier alpha value is -3.12. The first-order valence-electron chi connectivity index (χ1n) is 10.1. The highest BCUT2D eigenvalue weighted by Gasteiger charge is 2.24. The van der Waals surface area contributed by atoms with Gasteiger partial charge in [-0.15, -0.1) is 0 Å². The van der Waals surface area contributed by atoms with Gasteiger partial charge >= 0.3 is 0 Å². The van der Waals surface area contributed by atoms with E-state index in [1.54, 1.807) is 32.9 Å². The summed E-state index contributed by atoms with van der Waals surface area (Å²) in [4.78, 5) is 24.0. The summed E-state index contributed by atoms with van der Waals surface area (Å²) in [6.45, 7) is 4.94. The number of anilines is 2. The Morgan fingerprint density at radius 1 is 0.939 bits per heavy atom. The molecule has 2 aromatic carbocycles. The van der Waals surface area contributed by atoms with Crippen LogP contribution in [0.25, 0.3) is 0 Å². The van der Waals surface area contributed by atoms with Gasteiger partial charge in [0.25, 0.3) is 0 Å². The summed E-state index contributed by atoms with van der Waals surface area (Å²) in [7, 11) is -3.69. The molecule has 180 valence electrons. The number of amides is 2. The Kier molecular flexibility index (Phi) is 8.83. The van der Waals surface area contributed by atoms with Gasteiger partial charge in [-0.3, -0.25) is 9.59 Å². The summed E-state index contributed by atoms with van der Waals surface area (Å²) in [5, 5.41) is 7.09. The van der Waals surface area contributed by atoms with Gasteiger partial charge in [-0.25, -0.2) is 21.6 Å². The standard InChI is InChI=1S/C21H25F3N4O4S/c1-4-28(5-2)33(31,32)17-10-14(7-6-13(17)3)25-11-18(29)26-12-19(30)27-16-9-8-15(22)20(23)21(16)24/h6-10,25H,4-5,11-12H2,1-3H3,(H,26,29)(H,27,30). The normalized spacial score (nSPS) is 11.4. The highest BCUT2D eigenvalue weighted by molar-refractivity contribution is 7.89. The van der Waals surface area contributed by atoms with Crippen LogP contribution in [0, 0.1) is 24.4 Å². The van der Waals surface area contributed by atoms with Crippen molar-refractivity contribution in [1.82, 2.24) is 9.62 Å². The lowest BCUT2D eigenvalue weighted by atomic mass is 10.2. The largest absolute Gasteiger partial charge is 0.376 e. The van der Waals surface area contributed by atoms with Gasteiger partial charge in [0.2, 0.25) is 21.8 Å². The van der Waals surface area contributed by atoms with Gasteiger partial charge in [0.1, 0.15) is 0 Å². The molecule has 0 atom stereocenters. The molecule has 0 spiro atoms. The van der Waals surface area contributed by atoms with E-state index in [1.165, 1.54) is 10.4 Å². The van der Waals surface area contributed by atoms with Crippen molar-refractivity contribution in [2.45, 2.75) is 25.7 Å². The topological polar surface area (TPSA) is 108 Å². The Balaban J connectivity index is 1.95. The van der Waals surface area contributed by atoms with E-state index < -0.39 is 51.5 Å². The van der Waals surface area contributed by atoms with Crippen molar-refractivity contribution in [3.05, 3.63) is 53.3 Å². The van der Waals surface area contributed by atoms with Crippen LogP contribution < -0.4 is 16.0 Å². The summed E-state index contributed by atoms with van der Waals surface area (Å²) in [5.41, 5.74) is 0.376. The van der Waals surface area contributed by atoms with E-state index in [0.717, 1.165) is 6.07 Å². The van der Waals surface area contributed by atoms with E-state index in [-0.39, 0.29) is 11.4 Å². The molecule has 0 aliphatic rings. The van der Waals surface area contributed by atoms with Crippen molar-refractivity contribution >= 4 is 33.2 Å². The number of nitrogens with zero attached hydrogens (tertiary/aromatic N) is 1. The fourth-order valence-corrected chi connectivity index (χ4v) is 4.64. The van der Waals surface area contributed by atoms with Crippen LogP contribution in [0.15, 0.2) is 35.2 Å². The van der Waals surface area contributed by atoms with Crippen LogP contribution in [0.2, 0.25) is 0 Å². The van der Waals surface area contributed by atoms with Gasteiger partial charge in [-0.2, -0.15) is 4.31 Å². The van der Waals surface area contributed by atoms with Gasteiger partial charge in [-0.05, 0) is 36.8 Å². The lowest BCUT2D eigenvalue weighted by Crippen LogP contribution is -2.36. The molecule has 0 aliphatic heterocycles. The first kappa shape index (κ1) is 26.1. The zero-order chi connectivity index (χ0) is 24.8. The summed E-state index contributed by atoms with van der Waals surface area (Å²) in [5.74, 6) is -6.12. The summed E-state index contributed by atoms with van der Waals surface area (Å²) in [6.07, 6.45) is 0. The van der Waals surface area contributed by atoms with Crippen molar-refractivity contribution in [2.75, 3.05) is 36.8 Å². The molecule has 0 radical (unpaired) electrons. The molecule has 0 saturated heterocycles. The Bertz CT molecular complexity index is 1140. The molecule has 0 heterocycles. The highest BCUT2D eigenvalue weighted by Crippen LogP contribution is 2.23. The maximum Gasteiger partial charge on any atom is 0.243 e. The fraction of sp³-hybridized carbons (Fsp3) is 0.333. The average Bonchev–Trinajstić information content (AvgIpc) is 2.78. The Morgan fingerprint density at radius 3 is 2.24 bits per heavy atom. The van der Waals surface area contributed by atoms with Crippen LogP contribution in [0.3, 0.4) is 0 Å². The summed E-state index contributed by atoms with van der Waals surface area (Å²) in [6, 6.07) is 6.17. The van der Waals surface area contributed by atoms with Crippen molar-refractivity contribution < 1.29 is 31.2 Å². The predicted molar refractivity (Wildman–Crippen MR) is 118 cm³/mol. The molecule has 0 aliphatic carbocycles. The third-order valence-corrected chi connectivity index (χ3v) is 6.91. The van der Waals surface area contributed by atoms with Gasteiger partial charge in [-0.1, -0.05) is 19.9 Å². The van der Waals surface area contributed by atoms with E-state index in [9.17, 15) is 31.2 Å². The fourth-order valence-electron chi connectivity index (χ4n) is 2.93. The first-order chi connectivity index (χ1) is 15.5. The van der Waals surface area contributed by atoms with Crippen molar-refractivity contribution in [1.29, 1.82) is 0 Å². The molecule has 3 N–H and O–H groups in total. The van der Waals surface area contributed by atoms with Crippen molar-refractivity contribution in [3.8, 4) is 0 Å². The van der Waals surface area contributed by atoms with Crippen LogP contribution in [-0.4, -0.2) is 50.7 Å². The molecule has 0 saturated carbocycles. The van der Waals surface area contributed by atoms with Crippen molar-refractivity contribution in [2.24, 2.45) is 0 Å². The second kappa shape index (κ2) is 11.1. The summed E-state index contributed by atoms with van der Waals surface area (Å²) < 4.78 is 66.7. The maximum atomic E-state index is 13.6. The number of sulfonamides is 1. The molecular formula is C21H25F3N4O4S. The molecule has 0 fully saturated rings. The van der Waals surface area contributed by atoms with E-state index in [2.05, 4.69) is 10.6 Å². The van der Waals surface area contributed by atoms with Crippen LogP contribution in [0.5, 0.6) is 0 Å². The Morgan fingerprint density at radius 2 is 1.61 bits per heavy atom. The number of hydrogen-bond acceptors (Lipinski definition) is 5. The lowest BCUT2D eigenvalue weighted by Gasteiger charge is -2.20. The molecule has 0 aromatic heterocycles. The molecule has 0 bridgehead atoms. The van der Waals surface area contributed by atoms with E-state index in [1.807, 2.05) is 5.32 Å². The highest BCUT2D eigenvalue weighted by atomic mass is 32.2. The van der Waals surface area contributed by atoms with Crippen LogP contribution >= 0.6 is 0 Å². The smallest absolute Gasteiger partial charge is 0.243 e. The lowest BCUT2D eigenvalue weighted by molar-refractivity contribution is -0.122. The molecule has 12 heteroatoms. The number of carbonyl (C=O) groups is 2. The summed E-state index contributed by atoms with van der Waals surface area (Å²) >= 11 is 0. The zero-order valence-corrected chi connectivity index (χ0v) is 19.2. The van der Waals surface area contributed by atoms with Gasteiger partial charge in [0.15, 0.2) is 17.5 Å². The number of nitrogens with one attached hydrogen (secondary N) is 3. The minimum absolute atomic E-state index is 0.115. The van der Waals surface area contributed by atoms with Crippen LogP contribution in [0.1, 0.15) is 19.4 Å². The maximum absolute atomic E-state index is 13.6. The SMILES string of the molecule is CCN(CC)S(=O)(=O)c1cc(NCC(=O)NCC(=O)Nc2ccc(F)c(F)c2F)ccc1C. The number of hydrogen-bond donors (Lipinski definition) is 3. The van der Waals surface area contributed by atoms with Gasteiger partial charge < -0.3 is 16.0 Å². The average molecular weight is 487 g/mol. The molecule has 2 aromatic rings. The van der Waals surface area contributed by atoms with E-state index in [4.69, 9.17) is 0 Å². The molecule has 2 amide bonds. The predicted octanol–water partition coefficient (Wildman–Crippen LogP) is 2.61. The van der Waals surface area contributed by atoms with Gasteiger partial charge in [0.05, 0.1) is 23.7 Å². The number of rotatable bonds is 10. The second-order valence-corrected chi connectivity index (χ2v) is 8.88. The third kappa shape index (κ3) is 6.45. The zero-order valence-electron chi connectivity index (χ0n) is 18.3.